The van der Waals surface area contributed by atoms with Gasteiger partial charge in [0, 0.05) is 48.4 Å². The van der Waals surface area contributed by atoms with Crippen LogP contribution in [-0.4, -0.2) is 75.4 Å². The summed E-state index contributed by atoms with van der Waals surface area (Å²) < 4.78 is 5.07. The van der Waals surface area contributed by atoms with Crippen molar-refractivity contribution in [1.29, 1.82) is 0 Å². The predicted octanol–water partition coefficient (Wildman–Crippen LogP) is 0.236. The van der Waals surface area contributed by atoms with Crippen LogP contribution in [0.4, 0.5) is 0 Å². The van der Waals surface area contributed by atoms with Gasteiger partial charge in [-0.05, 0) is 33.6 Å². The number of aliphatic hydroxyl groups excluding tert-OH is 1. The number of amidine groups is 1. The molecule has 0 aromatic rings. The van der Waals surface area contributed by atoms with E-state index in [4.69, 9.17) is 20.6 Å². The molecular formula is C24H32N4O6. The molecular weight excluding hydrogens is 440 g/mol. The third-order valence-corrected chi connectivity index (χ3v) is 6.16. The van der Waals surface area contributed by atoms with E-state index in [1.165, 1.54) is 0 Å². The Hall–Kier alpha value is -3.13. The topological polar surface area (TPSA) is 158 Å². The number of piperidine rings is 1. The number of ether oxygens (including phenoxy) is 1. The molecule has 3 aliphatic rings. The highest BCUT2D eigenvalue weighted by molar-refractivity contribution is 5.92. The number of nitrogens with one attached hydrogen (secondary N) is 1. The SMILES string of the molecule is CC#CCC1C=CC2=C(C)NC(COC(=O)C(O)C(C)(O)C(=O)O)=NC2=C1N1CCC[C@@H](N)C1. The molecule has 0 saturated carbocycles. The first kappa shape index (κ1) is 25.5. The summed E-state index contributed by atoms with van der Waals surface area (Å²) in [5.74, 6) is 3.45. The van der Waals surface area contributed by atoms with Gasteiger partial charge in [-0.15, -0.1) is 11.8 Å². The van der Waals surface area contributed by atoms with Gasteiger partial charge in [-0.1, -0.05) is 12.2 Å². The molecule has 1 aliphatic carbocycles. The number of nitrogens with two attached hydrogens (primary N) is 1. The third-order valence-electron chi connectivity index (χ3n) is 6.16. The molecule has 3 rings (SSSR count). The van der Waals surface area contributed by atoms with Crippen LogP contribution in [0, 0.1) is 17.8 Å². The smallest absolute Gasteiger partial charge is 0.339 e. The number of carboxylic acid groups (broad SMARTS) is 1. The van der Waals surface area contributed by atoms with Crippen LogP contribution >= 0.6 is 0 Å². The number of hydrogen-bond donors (Lipinski definition) is 5. The second-order valence-electron chi connectivity index (χ2n) is 8.86. The van der Waals surface area contributed by atoms with E-state index in [0.29, 0.717) is 18.8 Å². The van der Waals surface area contributed by atoms with E-state index < -0.39 is 23.6 Å². The maximum atomic E-state index is 12.2. The highest BCUT2D eigenvalue weighted by Gasteiger charge is 2.44. The van der Waals surface area contributed by atoms with E-state index in [0.717, 1.165) is 49.0 Å². The number of carbonyl (C=O) groups excluding carboxylic acids is 1. The molecule has 1 fully saturated rings. The van der Waals surface area contributed by atoms with Crippen LogP contribution in [-0.2, 0) is 14.3 Å². The Morgan fingerprint density at radius 3 is 2.85 bits per heavy atom. The zero-order valence-corrected chi connectivity index (χ0v) is 19.7. The van der Waals surface area contributed by atoms with Crippen molar-refractivity contribution < 1.29 is 29.6 Å². The number of carbonyl (C=O) groups is 2. The van der Waals surface area contributed by atoms with Crippen LogP contribution in [0.15, 0.2) is 39.8 Å². The number of likely N-dealkylation sites (tertiary alicyclic amines) is 1. The van der Waals surface area contributed by atoms with Gasteiger partial charge in [-0.2, -0.15) is 0 Å². The maximum Gasteiger partial charge on any atom is 0.339 e. The fourth-order valence-electron chi connectivity index (χ4n) is 4.19. The Morgan fingerprint density at radius 1 is 1.47 bits per heavy atom. The van der Waals surface area contributed by atoms with Crippen molar-refractivity contribution in [3.05, 3.63) is 34.8 Å². The van der Waals surface area contributed by atoms with E-state index in [1.54, 1.807) is 6.92 Å². The number of hydrogen-bond acceptors (Lipinski definition) is 9. The van der Waals surface area contributed by atoms with Gasteiger partial charge < -0.3 is 36.0 Å². The molecule has 0 radical (unpaired) electrons. The first-order chi connectivity index (χ1) is 16.1. The van der Waals surface area contributed by atoms with Gasteiger partial charge in [0.15, 0.2) is 11.7 Å². The van der Waals surface area contributed by atoms with Gasteiger partial charge in [0.25, 0.3) is 0 Å². The quantitative estimate of drug-likeness (QED) is 0.258. The Balaban J connectivity index is 1.89. The molecule has 0 aromatic heterocycles. The molecule has 34 heavy (non-hydrogen) atoms. The number of carboxylic acids is 1. The maximum absolute atomic E-state index is 12.2. The van der Waals surface area contributed by atoms with Crippen LogP contribution in [0.25, 0.3) is 0 Å². The molecule has 10 nitrogen and oxygen atoms in total. The van der Waals surface area contributed by atoms with E-state index in [9.17, 15) is 19.8 Å². The van der Waals surface area contributed by atoms with Gasteiger partial charge in [0.1, 0.15) is 12.4 Å². The Bertz CT molecular complexity index is 1030. The summed E-state index contributed by atoms with van der Waals surface area (Å²) in [6.45, 7) is 5.73. The second-order valence-corrected chi connectivity index (χ2v) is 8.86. The molecule has 0 aromatic carbocycles. The number of aliphatic hydroxyl groups is 2. The van der Waals surface area contributed by atoms with Crippen LogP contribution in [0.5, 0.6) is 0 Å². The summed E-state index contributed by atoms with van der Waals surface area (Å²) in [6.07, 6.45) is 4.44. The minimum absolute atomic E-state index is 0.0300. The molecule has 1 saturated heterocycles. The molecule has 184 valence electrons. The number of esters is 1. The average molecular weight is 473 g/mol. The van der Waals surface area contributed by atoms with Crippen LogP contribution in [0.1, 0.15) is 40.0 Å². The van der Waals surface area contributed by atoms with E-state index in [-0.39, 0.29) is 18.6 Å². The molecule has 0 bridgehead atoms. The van der Waals surface area contributed by atoms with Gasteiger partial charge in [-0.3, -0.25) is 0 Å². The zero-order chi connectivity index (χ0) is 25.0. The van der Waals surface area contributed by atoms with Crippen molar-refractivity contribution in [2.24, 2.45) is 16.6 Å². The summed E-state index contributed by atoms with van der Waals surface area (Å²) in [6, 6.07) is 0.0637. The lowest BCUT2D eigenvalue weighted by Gasteiger charge is -2.40. The molecule has 2 aliphatic heterocycles. The monoisotopic (exact) mass is 472 g/mol. The standard InChI is InChI=1S/C24H32N4O6/c1-4-5-7-15-9-10-17-14(2)26-18(13-34-22(30)21(29)24(3,33)23(31)32)27-19(17)20(15)28-11-6-8-16(25)12-28/h9-10,15-16,21,29,33H,6-8,11-13,25H2,1-3H3,(H,26,27)(H,31,32)/t15?,16-,21?,24?/m1/s1. The second kappa shape index (κ2) is 10.4. The fourth-order valence-corrected chi connectivity index (χ4v) is 4.19. The molecule has 2 heterocycles. The lowest BCUT2D eigenvalue weighted by molar-refractivity contribution is -0.182. The van der Waals surface area contributed by atoms with E-state index in [2.05, 4.69) is 28.1 Å². The number of allylic oxidation sites excluding steroid dienone is 3. The summed E-state index contributed by atoms with van der Waals surface area (Å²) in [5, 5.41) is 31.8. The van der Waals surface area contributed by atoms with Crippen molar-refractivity contribution in [1.82, 2.24) is 10.2 Å². The van der Waals surface area contributed by atoms with Gasteiger partial charge in [0.05, 0.1) is 5.70 Å². The molecule has 4 atom stereocenters. The number of rotatable bonds is 7. The van der Waals surface area contributed by atoms with Crippen LogP contribution in [0.2, 0.25) is 0 Å². The molecule has 3 unspecified atom stereocenters. The van der Waals surface area contributed by atoms with Crippen molar-refractivity contribution in [3.8, 4) is 11.8 Å². The molecule has 10 heteroatoms. The van der Waals surface area contributed by atoms with Gasteiger partial charge in [-0.25, -0.2) is 14.6 Å². The van der Waals surface area contributed by atoms with E-state index in [1.807, 2.05) is 13.0 Å². The number of aliphatic carboxylic acids is 1. The normalized spacial score (nSPS) is 24.8. The number of fused-ring (bicyclic) bond motifs is 1. The summed E-state index contributed by atoms with van der Waals surface area (Å²) >= 11 is 0. The number of aliphatic imine (C=N–C) groups is 1. The van der Waals surface area contributed by atoms with Crippen molar-refractivity contribution in [3.63, 3.8) is 0 Å². The lowest BCUT2D eigenvalue weighted by Crippen LogP contribution is -2.51. The zero-order valence-electron chi connectivity index (χ0n) is 19.7. The first-order valence-electron chi connectivity index (χ1n) is 11.2. The van der Waals surface area contributed by atoms with Gasteiger partial charge >= 0.3 is 11.9 Å². The van der Waals surface area contributed by atoms with Crippen molar-refractivity contribution in [2.75, 3.05) is 19.7 Å². The Labute approximate surface area is 198 Å². The minimum Gasteiger partial charge on any atom is -0.479 e. The first-order valence-corrected chi connectivity index (χ1v) is 11.2. The summed E-state index contributed by atoms with van der Waals surface area (Å²) in [4.78, 5) is 30.3. The fraction of sp³-hybridized carbons (Fsp3) is 0.542. The Kier molecular flexibility index (Phi) is 7.82. The largest absolute Gasteiger partial charge is 0.479 e. The predicted molar refractivity (Wildman–Crippen MR) is 125 cm³/mol. The highest BCUT2D eigenvalue weighted by atomic mass is 16.6. The highest BCUT2D eigenvalue weighted by Crippen LogP contribution is 2.37. The summed E-state index contributed by atoms with van der Waals surface area (Å²) in [7, 11) is 0. The summed E-state index contributed by atoms with van der Waals surface area (Å²) in [5.41, 5.74) is 7.07. The molecule has 6 N–H and O–H groups in total. The minimum atomic E-state index is -2.67. The molecule has 0 amide bonds. The van der Waals surface area contributed by atoms with Crippen molar-refractivity contribution in [2.45, 2.75) is 57.8 Å². The number of nitrogens with zero attached hydrogens (tertiary/aromatic N) is 2. The Morgan fingerprint density at radius 2 is 2.21 bits per heavy atom. The lowest BCUT2D eigenvalue weighted by atomic mass is 9.87. The van der Waals surface area contributed by atoms with Crippen molar-refractivity contribution >= 4 is 17.8 Å². The average Bonchev–Trinajstić information content (AvgIpc) is 2.80. The van der Waals surface area contributed by atoms with Crippen LogP contribution in [0.3, 0.4) is 0 Å². The van der Waals surface area contributed by atoms with Gasteiger partial charge in [0.2, 0.25) is 0 Å². The molecule has 0 spiro atoms. The van der Waals surface area contributed by atoms with E-state index >= 15 is 0 Å². The third kappa shape index (κ3) is 5.33. The van der Waals surface area contributed by atoms with Crippen LogP contribution < -0.4 is 11.1 Å².